The Morgan fingerprint density at radius 2 is 2.07 bits per heavy atom. The fourth-order valence-corrected chi connectivity index (χ4v) is 1.48. The van der Waals surface area contributed by atoms with E-state index in [-0.39, 0.29) is 0 Å². The van der Waals surface area contributed by atoms with Crippen LogP contribution in [-0.2, 0) is 0 Å². The van der Waals surface area contributed by atoms with Crippen LogP contribution < -0.4 is 0 Å². The second kappa shape index (κ2) is 4.11. The molecule has 1 atom stereocenters. The van der Waals surface area contributed by atoms with Crippen LogP contribution in [0, 0.1) is 0 Å². The van der Waals surface area contributed by atoms with Gasteiger partial charge in [0.15, 0.2) is 0 Å². The molecule has 0 aliphatic heterocycles. The van der Waals surface area contributed by atoms with Crippen molar-refractivity contribution < 1.29 is 5.11 Å². The fourth-order valence-electron chi connectivity index (χ4n) is 1.48. The van der Waals surface area contributed by atoms with E-state index in [0.29, 0.717) is 0 Å². The van der Waals surface area contributed by atoms with Gasteiger partial charge in [-0.3, -0.25) is 5.10 Å². The first kappa shape index (κ1) is 9.68. The van der Waals surface area contributed by atoms with Crippen molar-refractivity contribution in [2.45, 2.75) is 6.10 Å². The lowest BCUT2D eigenvalue weighted by atomic mass is 10.0. The molecule has 3 heteroatoms. The molecular weight excluding hydrogens is 188 g/mol. The average Bonchev–Trinajstić information content (AvgIpc) is 2.78. The van der Waals surface area contributed by atoms with E-state index in [4.69, 9.17) is 0 Å². The summed E-state index contributed by atoms with van der Waals surface area (Å²) in [7, 11) is 0. The summed E-state index contributed by atoms with van der Waals surface area (Å²) in [5.41, 5.74) is 2.59. The van der Waals surface area contributed by atoms with E-state index in [1.807, 2.05) is 30.3 Å². The van der Waals surface area contributed by atoms with Gasteiger partial charge in [-0.2, -0.15) is 5.10 Å². The summed E-state index contributed by atoms with van der Waals surface area (Å²) < 4.78 is 0. The third kappa shape index (κ3) is 1.82. The maximum Gasteiger partial charge on any atom is 0.101 e. The number of benzene rings is 1. The second-order valence-electron chi connectivity index (χ2n) is 3.25. The normalized spacial score (nSPS) is 12.3. The van der Waals surface area contributed by atoms with Gasteiger partial charge in [-0.25, -0.2) is 0 Å². The van der Waals surface area contributed by atoms with E-state index >= 15 is 0 Å². The van der Waals surface area contributed by atoms with E-state index in [9.17, 15) is 5.11 Å². The van der Waals surface area contributed by atoms with Gasteiger partial charge in [-0.05, 0) is 5.56 Å². The van der Waals surface area contributed by atoms with Crippen molar-refractivity contribution in [1.82, 2.24) is 10.2 Å². The van der Waals surface area contributed by atoms with Gasteiger partial charge in [0, 0.05) is 5.56 Å². The average molecular weight is 200 g/mol. The summed E-state index contributed by atoms with van der Waals surface area (Å²) in [4.78, 5) is 0. The van der Waals surface area contributed by atoms with Crippen molar-refractivity contribution in [3.63, 3.8) is 0 Å². The Morgan fingerprint density at radius 1 is 1.33 bits per heavy atom. The molecule has 76 valence electrons. The van der Waals surface area contributed by atoms with Crippen LogP contribution in [0.25, 0.3) is 11.3 Å². The van der Waals surface area contributed by atoms with Crippen molar-refractivity contribution in [1.29, 1.82) is 0 Å². The highest BCUT2D eigenvalue weighted by molar-refractivity contribution is 5.63. The van der Waals surface area contributed by atoms with Crippen LogP contribution in [0.2, 0.25) is 0 Å². The van der Waals surface area contributed by atoms with Gasteiger partial charge >= 0.3 is 0 Å². The quantitative estimate of drug-likeness (QED) is 0.747. The van der Waals surface area contributed by atoms with Crippen molar-refractivity contribution in [3.8, 4) is 11.3 Å². The number of nitrogens with zero attached hydrogens (tertiary/aromatic N) is 1. The number of hydrogen-bond acceptors (Lipinski definition) is 2. The number of aliphatic hydroxyl groups excluding tert-OH is 1. The molecule has 0 aliphatic rings. The van der Waals surface area contributed by atoms with E-state index in [0.717, 1.165) is 16.8 Å². The minimum absolute atomic E-state index is 0.682. The van der Waals surface area contributed by atoms with Crippen LogP contribution in [0.4, 0.5) is 0 Å². The summed E-state index contributed by atoms with van der Waals surface area (Å²) in [6.07, 6.45) is 2.42. The summed E-state index contributed by atoms with van der Waals surface area (Å²) in [5.74, 6) is 0. The third-order valence-corrected chi connectivity index (χ3v) is 2.27. The predicted molar refractivity (Wildman–Crippen MR) is 59.2 cm³/mol. The minimum atomic E-state index is -0.682. The number of hydrogen-bond donors (Lipinski definition) is 2. The van der Waals surface area contributed by atoms with Crippen LogP contribution >= 0.6 is 0 Å². The molecule has 2 rings (SSSR count). The molecule has 15 heavy (non-hydrogen) atoms. The number of nitrogens with one attached hydrogen (secondary N) is 1. The van der Waals surface area contributed by atoms with Gasteiger partial charge in [-0.15, -0.1) is 6.58 Å². The highest BCUT2D eigenvalue weighted by Crippen LogP contribution is 2.25. The Labute approximate surface area is 88.1 Å². The van der Waals surface area contributed by atoms with Crippen molar-refractivity contribution in [3.05, 3.63) is 54.7 Å². The Morgan fingerprint density at radius 3 is 2.73 bits per heavy atom. The van der Waals surface area contributed by atoms with Crippen LogP contribution in [-0.4, -0.2) is 15.3 Å². The first-order chi connectivity index (χ1) is 7.33. The molecule has 0 radical (unpaired) electrons. The zero-order valence-electron chi connectivity index (χ0n) is 8.22. The molecule has 1 unspecified atom stereocenters. The van der Waals surface area contributed by atoms with Gasteiger partial charge in [0.05, 0.1) is 11.9 Å². The second-order valence-corrected chi connectivity index (χ2v) is 3.25. The Kier molecular flexibility index (Phi) is 2.65. The van der Waals surface area contributed by atoms with E-state index in [1.165, 1.54) is 6.08 Å². The topological polar surface area (TPSA) is 48.9 Å². The van der Waals surface area contributed by atoms with Crippen LogP contribution in [0.1, 0.15) is 11.7 Å². The molecule has 0 fully saturated rings. The lowest BCUT2D eigenvalue weighted by Crippen LogP contribution is -1.93. The highest BCUT2D eigenvalue weighted by atomic mass is 16.3. The molecule has 1 heterocycles. The molecule has 0 amide bonds. The van der Waals surface area contributed by atoms with Crippen molar-refractivity contribution in [2.24, 2.45) is 0 Å². The van der Waals surface area contributed by atoms with Crippen LogP contribution in [0.5, 0.6) is 0 Å². The highest BCUT2D eigenvalue weighted by Gasteiger charge is 2.12. The van der Waals surface area contributed by atoms with Gasteiger partial charge in [0.1, 0.15) is 6.10 Å². The first-order valence-electron chi connectivity index (χ1n) is 4.72. The Hall–Kier alpha value is -1.87. The Bertz CT molecular complexity index is 448. The number of H-pyrrole nitrogens is 1. The fraction of sp³-hybridized carbons (Fsp3) is 0.0833. The predicted octanol–water partition coefficient (Wildman–Crippen LogP) is 2.30. The summed E-state index contributed by atoms with van der Waals surface area (Å²) in [6, 6.07) is 9.77. The SMILES string of the molecule is C=CC(O)c1cn[nH]c1-c1ccccc1. The smallest absolute Gasteiger partial charge is 0.101 e. The summed E-state index contributed by atoms with van der Waals surface area (Å²) in [5, 5.41) is 16.5. The Balaban J connectivity index is 2.46. The molecular formula is C12H12N2O. The number of aromatic amines is 1. The molecule has 0 saturated carbocycles. The molecule has 1 aromatic carbocycles. The molecule has 0 bridgehead atoms. The maximum absolute atomic E-state index is 9.68. The van der Waals surface area contributed by atoms with E-state index in [1.54, 1.807) is 6.20 Å². The largest absolute Gasteiger partial charge is 0.384 e. The van der Waals surface area contributed by atoms with Crippen molar-refractivity contribution in [2.75, 3.05) is 0 Å². The monoisotopic (exact) mass is 200 g/mol. The standard InChI is InChI=1S/C12H12N2O/c1-2-11(15)10-8-13-14-12(10)9-6-4-3-5-7-9/h2-8,11,15H,1H2,(H,13,14). The number of rotatable bonds is 3. The van der Waals surface area contributed by atoms with E-state index < -0.39 is 6.10 Å². The van der Waals surface area contributed by atoms with Crippen molar-refractivity contribution >= 4 is 0 Å². The zero-order valence-corrected chi connectivity index (χ0v) is 8.22. The van der Waals surface area contributed by atoms with Gasteiger partial charge in [0.2, 0.25) is 0 Å². The molecule has 2 aromatic rings. The first-order valence-corrected chi connectivity index (χ1v) is 4.72. The molecule has 2 N–H and O–H groups in total. The number of aromatic nitrogens is 2. The third-order valence-electron chi connectivity index (χ3n) is 2.27. The zero-order chi connectivity index (χ0) is 10.7. The number of aliphatic hydroxyl groups is 1. The minimum Gasteiger partial charge on any atom is -0.384 e. The lowest BCUT2D eigenvalue weighted by molar-refractivity contribution is 0.229. The van der Waals surface area contributed by atoms with Crippen LogP contribution in [0.3, 0.4) is 0 Å². The summed E-state index contributed by atoms with van der Waals surface area (Å²) >= 11 is 0. The van der Waals surface area contributed by atoms with Gasteiger partial charge in [-0.1, -0.05) is 36.4 Å². The van der Waals surface area contributed by atoms with Crippen LogP contribution in [0.15, 0.2) is 49.2 Å². The molecule has 0 spiro atoms. The lowest BCUT2D eigenvalue weighted by Gasteiger charge is -2.05. The molecule has 0 saturated heterocycles. The maximum atomic E-state index is 9.68. The van der Waals surface area contributed by atoms with E-state index in [2.05, 4.69) is 16.8 Å². The molecule has 3 nitrogen and oxygen atoms in total. The van der Waals surface area contributed by atoms with Gasteiger partial charge in [0.25, 0.3) is 0 Å². The molecule has 0 aliphatic carbocycles. The van der Waals surface area contributed by atoms with Gasteiger partial charge < -0.3 is 5.11 Å². The summed E-state index contributed by atoms with van der Waals surface area (Å²) in [6.45, 7) is 3.56. The molecule has 1 aromatic heterocycles.